The van der Waals surface area contributed by atoms with Crippen LogP contribution >= 0.6 is 0 Å². The molecule has 1 aromatic carbocycles. The Labute approximate surface area is 95.2 Å². The Morgan fingerprint density at radius 3 is 2.69 bits per heavy atom. The number of hydrogen-bond acceptors (Lipinski definition) is 3. The van der Waals surface area contributed by atoms with Gasteiger partial charge in [0.05, 0.1) is 13.7 Å². The number of ether oxygens (including phenoxy) is 1. The molecule has 1 fully saturated rings. The number of nitrogens with zero attached hydrogens (tertiary/aromatic N) is 1. The minimum atomic E-state index is 0.00315. The predicted octanol–water partition coefficient (Wildman–Crippen LogP) is 1.15. The van der Waals surface area contributed by atoms with Crippen molar-refractivity contribution in [1.82, 2.24) is 10.2 Å². The Kier molecular flexibility index (Phi) is 3.10. The Hall–Kier alpha value is -1.55. The van der Waals surface area contributed by atoms with Crippen LogP contribution in [0, 0.1) is 0 Å². The molecule has 0 saturated carbocycles. The van der Waals surface area contributed by atoms with E-state index in [0.29, 0.717) is 6.54 Å². The highest BCUT2D eigenvalue weighted by atomic mass is 16.5. The second-order valence-electron chi connectivity index (χ2n) is 3.81. The lowest BCUT2D eigenvalue weighted by atomic mass is 10.1. The van der Waals surface area contributed by atoms with Crippen LogP contribution in [0.3, 0.4) is 0 Å². The summed E-state index contributed by atoms with van der Waals surface area (Å²) in [6.45, 7) is 3.39. The summed E-state index contributed by atoms with van der Waals surface area (Å²) < 4.78 is 5.11. The summed E-state index contributed by atoms with van der Waals surface area (Å²) in [5, 5.41) is 2.95. The van der Waals surface area contributed by atoms with Gasteiger partial charge in [-0.3, -0.25) is 9.69 Å². The van der Waals surface area contributed by atoms with E-state index in [-0.39, 0.29) is 12.1 Å². The Balaban J connectivity index is 2.19. The highest BCUT2D eigenvalue weighted by Crippen LogP contribution is 2.23. The van der Waals surface area contributed by atoms with Crippen LogP contribution in [0.5, 0.6) is 5.75 Å². The number of hydrogen-bond donors (Lipinski definition) is 1. The first kappa shape index (κ1) is 11.0. The third-order valence-corrected chi connectivity index (χ3v) is 2.85. The molecule has 1 atom stereocenters. The van der Waals surface area contributed by atoms with Gasteiger partial charge in [-0.2, -0.15) is 0 Å². The second-order valence-corrected chi connectivity index (χ2v) is 3.81. The topological polar surface area (TPSA) is 41.6 Å². The van der Waals surface area contributed by atoms with Gasteiger partial charge in [0.2, 0.25) is 5.91 Å². The number of methoxy groups -OCH3 is 1. The predicted molar refractivity (Wildman–Crippen MR) is 61.1 cm³/mol. The number of carbonyl (C=O) groups is 1. The monoisotopic (exact) mass is 220 g/mol. The lowest BCUT2D eigenvalue weighted by Crippen LogP contribution is -2.27. The van der Waals surface area contributed by atoms with Gasteiger partial charge in [0.15, 0.2) is 0 Å². The van der Waals surface area contributed by atoms with E-state index in [1.165, 1.54) is 0 Å². The molecule has 0 radical (unpaired) electrons. The van der Waals surface area contributed by atoms with Crippen molar-refractivity contribution in [2.75, 3.05) is 20.2 Å². The molecule has 86 valence electrons. The van der Waals surface area contributed by atoms with E-state index in [9.17, 15) is 4.79 Å². The summed E-state index contributed by atoms with van der Waals surface area (Å²) >= 11 is 0. The number of nitrogens with one attached hydrogen (secondary N) is 1. The van der Waals surface area contributed by atoms with Gasteiger partial charge in [0.1, 0.15) is 11.9 Å². The minimum Gasteiger partial charge on any atom is -0.497 e. The quantitative estimate of drug-likeness (QED) is 0.830. The Morgan fingerprint density at radius 1 is 1.44 bits per heavy atom. The molecule has 0 aliphatic carbocycles. The summed E-state index contributed by atoms with van der Waals surface area (Å²) in [6.07, 6.45) is 0.00315. The summed E-state index contributed by atoms with van der Waals surface area (Å²) in [6, 6.07) is 7.79. The van der Waals surface area contributed by atoms with E-state index in [0.717, 1.165) is 17.9 Å². The molecular formula is C12H16N2O2. The average molecular weight is 220 g/mol. The van der Waals surface area contributed by atoms with E-state index in [2.05, 4.69) is 17.1 Å². The molecule has 16 heavy (non-hydrogen) atoms. The molecule has 1 amide bonds. The maximum absolute atomic E-state index is 11.3. The fraction of sp³-hybridized carbons (Fsp3) is 0.417. The van der Waals surface area contributed by atoms with Crippen LogP contribution in [0.25, 0.3) is 0 Å². The average Bonchev–Trinajstić information content (AvgIpc) is 2.70. The van der Waals surface area contributed by atoms with Gasteiger partial charge < -0.3 is 10.1 Å². The van der Waals surface area contributed by atoms with Crippen molar-refractivity contribution in [3.8, 4) is 5.75 Å². The van der Waals surface area contributed by atoms with E-state index < -0.39 is 0 Å². The summed E-state index contributed by atoms with van der Waals surface area (Å²) in [4.78, 5) is 13.4. The van der Waals surface area contributed by atoms with Crippen LogP contribution in [0.1, 0.15) is 18.7 Å². The van der Waals surface area contributed by atoms with Gasteiger partial charge in [-0.15, -0.1) is 0 Å². The van der Waals surface area contributed by atoms with Crippen LogP contribution in [0.15, 0.2) is 24.3 Å². The Morgan fingerprint density at radius 2 is 2.12 bits per heavy atom. The Bertz CT molecular complexity index is 375. The van der Waals surface area contributed by atoms with Crippen LogP contribution < -0.4 is 10.1 Å². The zero-order valence-electron chi connectivity index (χ0n) is 9.56. The van der Waals surface area contributed by atoms with E-state index in [1.807, 2.05) is 24.3 Å². The number of carbonyl (C=O) groups excluding carboxylic acids is 1. The fourth-order valence-electron chi connectivity index (χ4n) is 1.94. The molecule has 1 heterocycles. The van der Waals surface area contributed by atoms with Crippen LogP contribution in [0.4, 0.5) is 0 Å². The van der Waals surface area contributed by atoms with Crippen molar-refractivity contribution in [1.29, 1.82) is 0 Å². The largest absolute Gasteiger partial charge is 0.497 e. The van der Waals surface area contributed by atoms with Crippen LogP contribution in [-0.4, -0.2) is 31.0 Å². The molecule has 4 heteroatoms. The highest BCUT2D eigenvalue weighted by molar-refractivity contribution is 5.80. The van der Waals surface area contributed by atoms with Crippen LogP contribution in [0.2, 0.25) is 0 Å². The normalized spacial score (nSPS) is 20.9. The third kappa shape index (κ3) is 2.02. The van der Waals surface area contributed by atoms with E-state index in [1.54, 1.807) is 7.11 Å². The molecule has 1 aliphatic heterocycles. The van der Waals surface area contributed by atoms with Crippen molar-refractivity contribution >= 4 is 5.91 Å². The first-order chi connectivity index (χ1) is 7.74. The zero-order valence-corrected chi connectivity index (χ0v) is 9.56. The number of rotatable bonds is 3. The molecule has 0 spiro atoms. The van der Waals surface area contributed by atoms with Gasteiger partial charge >= 0.3 is 0 Å². The van der Waals surface area contributed by atoms with Crippen molar-refractivity contribution in [3.63, 3.8) is 0 Å². The third-order valence-electron chi connectivity index (χ3n) is 2.85. The zero-order chi connectivity index (χ0) is 11.5. The van der Waals surface area contributed by atoms with Crippen molar-refractivity contribution in [3.05, 3.63) is 29.8 Å². The van der Waals surface area contributed by atoms with Gasteiger partial charge in [0.25, 0.3) is 0 Å². The molecule has 1 N–H and O–H groups in total. The van der Waals surface area contributed by atoms with E-state index >= 15 is 0 Å². The number of likely N-dealkylation sites (N-methyl/N-ethyl adjacent to an activating group) is 1. The summed E-state index contributed by atoms with van der Waals surface area (Å²) in [5.74, 6) is 0.916. The standard InChI is InChI=1S/C12H16N2O2/c1-3-14-8-11(15)13-12(14)9-4-6-10(16-2)7-5-9/h4-7,12H,3,8H2,1-2H3,(H,13,15). The first-order valence-corrected chi connectivity index (χ1v) is 5.42. The van der Waals surface area contributed by atoms with E-state index in [4.69, 9.17) is 4.74 Å². The smallest absolute Gasteiger partial charge is 0.235 e. The molecule has 1 unspecified atom stereocenters. The van der Waals surface area contributed by atoms with Gasteiger partial charge in [-0.25, -0.2) is 0 Å². The molecular weight excluding hydrogens is 204 g/mol. The lowest BCUT2D eigenvalue weighted by Gasteiger charge is -2.21. The summed E-state index contributed by atoms with van der Waals surface area (Å²) in [5.41, 5.74) is 1.09. The van der Waals surface area contributed by atoms with Crippen molar-refractivity contribution < 1.29 is 9.53 Å². The molecule has 1 aliphatic rings. The minimum absolute atomic E-state index is 0.00315. The van der Waals surface area contributed by atoms with Crippen LogP contribution in [-0.2, 0) is 4.79 Å². The van der Waals surface area contributed by atoms with Crippen molar-refractivity contribution in [2.24, 2.45) is 0 Å². The highest BCUT2D eigenvalue weighted by Gasteiger charge is 2.29. The maximum Gasteiger partial charge on any atom is 0.235 e. The SMILES string of the molecule is CCN1CC(=O)NC1c1ccc(OC)cc1. The lowest BCUT2D eigenvalue weighted by molar-refractivity contribution is -0.118. The molecule has 1 aromatic rings. The molecule has 1 saturated heterocycles. The fourth-order valence-corrected chi connectivity index (χ4v) is 1.94. The molecule has 0 bridgehead atoms. The van der Waals surface area contributed by atoms with Gasteiger partial charge in [-0.05, 0) is 24.2 Å². The van der Waals surface area contributed by atoms with Gasteiger partial charge in [0, 0.05) is 0 Å². The first-order valence-electron chi connectivity index (χ1n) is 5.42. The number of benzene rings is 1. The number of amides is 1. The molecule has 4 nitrogen and oxygen atoms in total. The maximum atomic E-state index is 11.3. The second kappa shape index (κ2) is 4.53. The molecule has 2 rings (SSSR count). The summed E-state index contributed by atoms with van der Waals surface area (Å²) in [7, 11) is 1.64. The van der Waals surface area contributed by atoms with Gasteiger partial charge in [-0.1, -0.05) is 19.1 Å². The van der Waals surface area contributed by atoms with Crippen molar-refractivity contribution in [2.45, 2.75) is 13.1 Å². The molecule has 0 aromatic heterocycles.